The van der Waals surface area contributed by atoms with Crippen LogP contribution in [0.4, 0.5) is 5.95 Å². The number of aromatic nitrogens is 4. The van der Waals surface area contributed by atoms with Gasteiger partial charge in [0.15, 0.2) is 11.2 Å². The quantitative estimate of drug-likeness (QED) is 0.876. The van der Waals surface area contributed by atoms with E-state index in [4.69, 9.17) is 0 Å². The van der Waals surface area contributed by atoms with Crippen LogP contribution in [0.1, 0.15) is 46.5 Å². The molecule has 0 aromatic carbocycles. The molecule has 0 spiro atoms. The lowest BCUT2D eigenvalue weighted by molar-refractivity contribution is 0.520. The number of aromatic amines is 1. The molecule has 2 aromatic heterocycles. The molecule has 0 amide bonds. The fraction of sp³-hybridized carbons (Fsp3) is 0.706. The molecular formula is C17H25N5O2. The van der Waals surface area contributed by atoms with E-state index in [2.05, 4.69) is 15.3 Å². The molecule has 0 unspecified atom stereocenters. The lowest BCUT2D eigenvalue weighted by Crippen LogP contribution is -2.41. The summed E-state index contributed by atoms with van der Waals surface area (Å²) in [5.74, 6) is 1.55. The molecule has 2 aliphatic rings. The summed E-state index contributed by atoms with van der Waals surface area (Å²) >= 11 is 0. The van der Waals surface area contributed by atoms with E-state index in [1.165, 1.54) is 4.57 Å². The minimum Gasteiger partial charge on any atom is -0.351 e. The Hall–Kier alpha value is -2.05. The predicted octanol–water partition coefficient (Wildman–Crippen LogP) is 1.92. The lowest BCUT2D eigenvalue weighted by atomic mass is 10.1. The zero-order valence-corrected chi connectivity index (χ0v) is 14.6. The first kappa shape index (κ1) is 15.5. The molecule has 2 heterocycles. The van der Waals surface area contributed by atoms with E-state index in [1.807, 2.05) is 20.8 Å². The van der Waals surface area contributed by atoms with Gasteiger partial charge in [-0.15, -0.1) is 0 Å². The minimum atomic E-state index is -0.247. The molecule has 130 valence electrons. The first-order valence-electron chi connectivity index (χ1n) is 8.83. The van der Waals surface area contributed by atoms with E-state index < -0.39 is 0 Å². The molecule has 2 aliphatic carbocycles. The van der Waals surface area contributed by atoms with Crippen LogP contribution >= 0.6 is 0 Å². The molecular weight excluding hydrogens is 306 g/mol. The number of H-pyrrole nitrogens is 1. The van der Waals surface area contributed by atoms with Gasteiger partial charge < -0.3 is 10.3 Å². The van der Waals surface area contributed by atoms with E-state index in [1.54, 1.807) is 4.57 Å². The second-order valence-electron chi connectivity index (χ2n) is 8.35. The largest absolute Gasteiger partial charge is 0.351 e. The van der Waals surface area contributed by atoms with E-state index in [0.29, 0.717) is 42.0 Å². The lowest BCUT2D eigenvalue weighted by Gasteiger charge is -2.19. The van der Waals surface area contributed by atoms with Crippen molar-refractivity contribution in [3.05, 3.63) is 20.8 Å². The Morgan fingerprint density at radius 2 is 1.67 bits per heavy atom. The van der Waals surface area contributed by atoms with Gasteiger partial charge in [0.2, 0.25) is 5.95 Å². The summed E-state index contributed by atoms with van der Waals surface area (Å²) in [6.07, 6.45) is 4.50. The van der Waals surface area contributed by atoms with Crippen LogP contribution in [-0.4, -0.2) is 24.6 Å². The van der Waals surface area contributed by atoms with Gasteiger partial charge in [0.25, 0.3) is 5.56 Å². The maximum absolute atomic E-state index is 12.9. The van der Waals surface area contributed by atoms with Gasteiger partial charge in [-0.25, -0.2) is 4.79 Å². The topological polar surface area (TPSA) is 84.7 Å². The average Bonchev–Trinajstić information content (AvgIpc) is 3.39. The second kappa shape index (κ2) is 5.22. The minimum absolute atomic E-state index is 0.178. The van der Waals surface area contributed by atoms with Crippen molar-refractivity contribution in [3.8, 4) is 0 Å². The number of imidazole rings is 1. The van der Waals surface area contributed by atoms with E-state index in [0.717, 1.165) is 25.7 Å². The van der Waals surface area contributed by atoms with Crippen molar-refractivity contribution in [2.24, 2.45) is 11.8 Å². The van der Waals surface area contributed by atoms with Crippen molar-refractivity contribution < 1.29 is 0 Å². The van der Waals surface area contributed by atoms with Crippen LogP contribution < -0.4 is 16.6 Å². The third kappa shape index (κ3) is 2.99. The summed E-state index contributed by atoms with van der Waals surface area (Å²) in [7, 11) is 0. The van der Waals surface area contributed by atoms with Crippen molar-refractivity contribution >= 4 is 17.1 Å². The summed E-state index contributed by atoms with van der Waals surface area (Å²) in [5.41, 5.74) is 0.282. The molecule has 2 fully saturated rings. The molecule has 7 heteroatoms. The van der Waals surface area contributed by atoms with Gasteiger partial charge in [-0.05, 0) is 58.3 Å². The SMILES string of the molecule is CC(C)(C)Nc1nc2c([nH]1)c(=O)n(CC1CC1)c(=O)n2CC1CC1. The van der Waals surface area contributed by atoms with Crippen LogP contribution in [0.5, 0.6) is 0 Å². The van der Waals surface area contributed by atoms with Crippen molar-refractivity contribution in [3.63, 3.8) is 0 Å². The Balaban J connectivity index is 1.86. The van der Waals surface area contributed by atoms with Gasteiger partial charge >= 0.3 is 5.69 Å². The van der Waals surface area contributed by atoms with Crippen LogP contribution in [0.3, 0.4) is 0 Å². The molecule has 24 heavy (non-hydrogen) atoms. The van der Waals surface area contributed by atoms with Gasteiger partial charge in [-0.1, -0.05) is 0 Å². The number of nitrogens with one attached hydrogen (secondary N) is 2. The molecule has 0 radical (unpaired) electrons. The monoisotopic (exact) mass is 331 g/mol. The Kier molecular flexibility index (Phi) is 3.37. The van der Waals surface area contributed by atoms with Crippen LogP contribution in [0.15, 0.2) is 9.59 Å². The maximum Gasteiger partial charge on any atom is 0.332 e. The molecule has 7 nitrogen and oxygen atoms in total. The molecule has 0 aliphatic heterocycles. The van der Waals surface area contributed by atoms with Crippen molar-refractivity contribution in [2.75, 3.05) is 5.32 Å². The van der Waals surface area contributed by atoms with Crippen LogP contribution in [0.25, 0.3) is 11.2 Å². The average molecular weight is 331 g/mol. The Labute approximate surface area is 140 Å². The third-order valence-electron chi connectivity index (χ3n) is 4.63. The number of nitrogens with zero attached hydrogens (tertiary/aromatic N) is 3. The summed E-state index contributed by atoms with van der Waals surface area (Å²) < 4.78 is 3.10. The van der Waals surface area contributed by atoms with E-state index in [-0.39, 0.29) is 16.8 Å². The number of fused-ring (bicyclic) bond motifs is 1. The Bertz CT molecular complexity index is 891. The normalized spacial score (nSPS) is 18.3. The van der Waals surface area contributed by atoms with Gasteiger partial charge in [-0.2, -0.15) is 4.98 Å². The number of hydrogen-bond acceptors (Lipinski definition) is 4. The Morgan fingerprint density at radius 1 is 1.08 bits per heavy atom. The van der Waals surface area contributed by atoms with Crippen LogP contribution in [-0.2, 0) is 13.1 Å². The molecule has 4 rings (SSSR count). The van der Waals surface area contributed by atoms with E-state index >= 15 is 0 Å². The molecule has 2 N–H and O–H groups in total. The molecule has 0 bridgehead atoms. The summed E-state index contributed by atoms with van der Waals surface area (Å²) in [5, 5.41) is 3.26. The molecule has 2 saturated carbocycles. The van der Waals surface area contributed by atoms with Crippen molar-refractivity contribution in [1.82, 2.24) is 19.1 Å². The van der Waals surface area contributed by atoms with Gasteiger partial charge in [0.1, 0.15) is 0 Å². The maximum atomic E-state index is 12.9. The first-order chi connectivity index (χ1) is 11.3. The predicted molar refractivity (Wildman–Crippen MR) is 93.4 cm³/mol. The van der Waals surface area contributed by atoms with Crippen LogP contribution in [0, 0.1) is 11.8 Å². The summed E-state index contributed by atoms with van der Waals surface area (Å²) in [4.78, 5) is 33.3. The fourth-order valence-electron chi connectivity index (χ4n) is 3.02. The summed E-state index contributed by atoms with van der Waals surface area (Å²) in [6, 6.07) is 0. The zero-order valence-electron chi connectivity index (χ0n) is 14.6. The highest BCUT2D eigenvalue weighted by atomic mass is 16.2. The van der Waals surface area contributed by atoms with Crippen molar-refractivity contribution in [2.45, 2.75) is 65.1 Å². The molecule has 0 saturated heterocycles. The standard InChI is InChI=1S/C17H25N5O2/c1-17(2,3)20-15-18-12-13(19-15)21(8-10-4-5-10)16(24)22(14(12)23)9-11-6-7-11/h10-11H,4-9H2,1-3H3,(H2,18,19,20). The van der Waals surface area contributed by atoms with Gasteiger partial charge in [-0.3, -0.25) is 13.9 Å². The fourth-order valence-corrected chi connectivity index (χ4v) is 3.02. The highest BCUT2D eigenvalue weighted by Crippen LogP contribution is 2.31. The number of rotatable bonds is 5. The Morgan fingerprint density at radius 3 is 2.21 bits per heavy atom. The van der Waals surface area contributed by atoms with Crippen molar-refractivity contribution in [1.29, 1.82) is 0 Å². The second-order valence-corrected chi connectivity index (χ2v) is 8.35. The molecule has 2 aromatic rings. The number of anilines is 1. The number of hydrogen-bond donors (Lipinski definition) is 2. The first-order valence-corrected chi connectivity index (χ1v) is 8.83. The summed E-state index contributed by atoms with van der Waals surface area (Å²) in [6.45, 7) is 7.27. The van der Waals surface area contributed by atoms with Gasteiger partial charge in [0, 0.05) is 18.6 Å². The van der Waals surface area contributed by atoms with Gasteiger partial charge in [0.05, 0.1) is 0 Å². The van der Waals surface area contributed by atoms with Crippen LogP contribution in [0.2, 0.25) is 0 Å². The van der Waals surface area contributed by atoms with E-state index in [9.17, 15) is 9.59 Å². The highest BCUT2D eigenvalue weighted by molar-refractivity contribution is 5.73. The molecule has 0 atom stereocenters. The zero-order chi connectivity index (χ0) is 17.1. The third-order valence-corrected chi connectivity index (χ3v) is 4.63. The highest BCUT2D eigenvalue weighted by Gasteiger charge is 2.28. The smallest absolute Gasteiger partial charge is 0.332 e.